The van der Waals surface area contributed by atoms with E-state index in [9.17, 15) is 4.79 Å². The van der Waals surface area contributed by atoms with E-state index in [-0.39, 0.29) is 12.0 Å². The normalized spacial score (nSPS) is 21.9. The Kier molecular flexibility index (Phi) is 3.95. The van der Waals surface area contributed by atoms with Gasteiger partial charge in [-0.2, -0.15) is 0 Å². The minimum absolute atomic E-state index is 0.205. The topological polar surface area (TPSA) is 54.3 Å². The Balaban J connectivity index is 1.70. The molecule has 1 aliphatic carbocycles. The van der Waals surface area contributed by atoms with E-state index in [1.54, 1.807) is 0 Å². The molecule has 0 saturated heterocycles. The molecular formula is C17H20N2O2. The first-order valence-corrected chi connectivity index (χ1v) is 7.45. The quantitative estimate of drug-likeness (QED) is 0.903. The van der Waals surface area contributed by atoms with Crippen molar-refractivity contribution in [1.82, 2.24) is 4.57 Å². The molecule has 21 heavy (non-hydrogen) atoms. The maximum absolute atomic E-state index is 11.1. The summed E-state index contributed by atoms with van der Waals surface area (Å²) in [7, 11) is 0. The number of nitrogens with zero attached hydrogens (tertiary/aromatic N) is 1. The van der Waals surface area contributed by atoms with Gasteiger partial charge in [-0.15, -0.1) is 0 Å². The summed E-state index contributed by atoms with van der Waals surface area (Å²) in [5.41, 5.74) is 2.16. The number of carboxylic acids is 1. The van der Waals surface area contributed by atoms with Gasteiger partial charge < -0.3 is 15.0 Å². The van der Waals surface area contributed by atoms with Crippen LogP contribution in [0.25, 0.3) is 5.69 Å². The number of carbonyl (C=O) groups is 1. The Bertz CT molecular complexity index is 607. The van der Waals surface area contributed by atoms with E-state index < -0.39 is 5.97 Å². The maximum Gasteiger partial charge on any atom is 0.306 e. The number of aromatic nitrogens is 1. The predicted octanol–water partition coefficient (Wildman–Crippen LogP) is 3.53. The average molecular weight is 284 g/mol. The summed E-state index contributed by atoms with van der Waals surface area (Å²) in [5.74, 6) is -0.869. The van der Waals surface area contributed by atoms with E-state index in [0.717, 1.165) is 30.6 Å². The number of hydrogen-bond acceptors (Lipinski definition) is 2. The molecule has 3 rings (SSSR count). The number of benzene rings is 1. The van der Waals surface area contributed by atoms with Gasteiger partial charge in [0.15, 0.2) is 0 Å². The van der Waals surface area contributed by atoms with Crippen molar-refractivity contribution in [1.29, 1.82) is 0 Å². The first-order valence-electron chi connectivity index (χ1n) is 7.45. The fraction of sp³-hybridized carbons (Fsp3) is 0.353. The smallest absolute Gasteiger partial charge is 0.306 e. The molecule has 2 aromatic rings. The number of anilines is 1. The molecule has 0 radical (unpaired) electrons. The molecule has 0 aliphatic heterocycles. The fourth-order valence-electron chi connectivity index (χ4n) is 3.04. The third-order valence-electron chi connectivity index (χ3n) is 4.14. The summed E-state index contributed by atoms with van der Waals surface area (Å²) in [5, 5.41) is 12.7. The van der Waals surface area contributed by atoms with E-state index in [2.05, 4.69) is 22.0 Å². The molecule has 1 saturated carbocycles. The van der Waals surface area contributed by atoms with Crippen LogP contribution in [0, 0.1) is 5.92 Å². The summed E-state index contributed by atoms with van der Waals surface area (Å²) < 4.78 is 2.06. The molecule has 0 spiro atoms. The minimum Gasteiger partial charge on any atom is -0.481 e. The number of hydrogen-bond donors (Lipinski definition) is 2. The van der Waals surface area contributed by atoms with Gasteiger partial charge in [-0.3, -0.25) is 4.79 Å². The molecule has 1 aliphatic rings. The van der Waals surface area contributed by atoms with Crippen molar-refractivity contribution in [2.24, 2.45) is 5.92 Å². The van der Waals surface area contributed by atoms with Crippen LogP contribution in [0.4, 0.5) is 5.69 Å². The van der Waals surface area contributed by atoms with Crippen molar-refractivity contribution in [2.75, 3.05) is 5.32 Å². The number of carboxylic acid groups (broad SMARTS) is 1. The van der Waals surface area contributed by atoms with Gasteiger partial charge in [0, 0.05) is 29.8 Å². The SMILES string of the molecule is O=C(O)C1CCCC(Nc2cccc(-n3cccc3)c2)C1. The Morgan fingerprint density at radius 2 is 2.00 bits per heavy atom. The highest BCUT2D eigenvalue weighted by molar-refractivity contribution is 5.70. The zero-order valence-electron chi connectivity index (χ0n) is 11.9. The Labute approximate surface area is 124 Å². The van der Waals surface area contributed by atoms with Gasteiger partial charge in [-0.05, 0) is 49.6 Å². The summed E-state index contributed by atoms with van der Waals surface area (Å²) in [6, 6.07) is 12.5. The first kappa shape index (κ1) is 13.7. The van der Waals surface area contributed by atoms with Crippen LogP contribution in [-0.4, -0.2) is 21.7 Å². The lowest BCUT2D eigenvalue weighted by atomic mass is 9.85. The number of aliphatic carboxylic acids is 1. The van der Waals surface area contributed by atoms with E-state index >= 15 is 0 Å². The lowest BCUT2D eigenvalue weighted by Gasteiger charge is -2.28. The largest absolute Gasteiger partial charge is 0.481 e. The van der Waals surface area contributed by atoms with Gasteiger partial charge in [-0.1, -0.05) is 12.5 Å². The molecule has 1 aromatic heterocycles. The molecule has 4 nitrogen and oxygen atoms in total. The summed E-state index contributed by atoms with van der Waals surface area (Å²) >= 11 is 0. The molecule has 2 unspecified atom stereocenters. The Morgan fingerprint density at radius 1 is 1.19 bits per heavy atom. The average Bonchev–Trinajstić information content (AvgIpc) is 3.02. The first-order chi connectivity index (χ1) is 10.2. The van der Waals surface area contributed by atoms with Crippen LogP contribution in [0.15, 0.2) is 48.8 Å². The van der Waals surface area contributed by atoms with Crippen molar-refractivity contribution in [3.05, 3.63) is 48.8 Å². The third kappa shape index (κ3) is 3.27. The highest BCUT2D eigenvalue weighted by atomic mass is 16.4. The van der Waals surface area contributed by atoms with Gasteiger partial charge >= 0.3 is 5.97 Å². The summed E-state index contributed by atoms with van der Waals surface area (Å²) in [4.78, 5) is 11.1. The second-order valence-corrected chi connectivity index (χ2v) is 5.68. The van der Waals surface area contributed by atoms with Gasteiger partial charge in [0.05, 0.1) is 5.92 Å². The summed E-state index contributed by atoms with van der Waals surface area (Å²) in [6.45, 7) is 0. The molecule has 1 heterocycles. The standard InChI is InChI=1S/C17H20N2O2/c20-17(21)13-5-3-6-14(11-13)18-15-7-4-8-16(12-15)19-9-1-2-10-19/h1-2,4,7-10,12-14,18H,3,5-6,11H2,(H,20,21). The fourth-order valence-corrected chi connectivity index (χ4v) is 3.04. The zero-order chi connectivity index (χ0) is 14.7. The molecule has 2 N–H and O–H groups in total. The van der Waals surface area contributed by atoms with E-state index in [1.165, 1.54) is 0 Å². The summed E-state index contributed by atoms with van der Waals surface area (Å²) in [6.07, 6.45) is 7.56. The molecule has 0 amide bonds. The van der Waals surface area contributed by atoms with E-state index in [0.29, 0.717) is 6.42 Å². The maximum atomic E-state index is 11.1. The second-order valence-electron chi connectivity index (χ2n) is 5.68. The van der Waals surface area contributed by atoms with Crippen LogP contribution in [0.2, 0.25) is 0 Å². The van der Waals surface area contributed by atoms with E-state index in [4.69, 9.17) is 5.11 Å². The van der Waals surface area contributed by atoms with Crippen LogP contribution < -0.4 is 5.32 Å². The molecule has 1 fully saturated rings. The third-order valence-corrected chi connectivity index (χ3v) is 4.14. The molecule has 110 valence electrons. The highest BCUT2D eigenvalue weighted by Gasteiger charge is 2.26. The lowest BCUT2D eigenvalue weighted by Crippen LogP contribution is -2.30. The number of nitrogens with one attached hydrogen (secondary N) is 1. The van der Waals surface area contributed by atoms with Gasteiger partial charge in [0.1, 0.15) is 0 Å². The van der Waals surface area contributed by atoms with Gasteiger partial charge in [-0.25, -0.2) is 0 Å². The van der Waals surface area contributed by atoms with Crippen molar-refractivity contribution < 1.29 is 9.90 Å². The van der Waals surface area contributed by atoms with Crippen LogP contribution in [-0.2, 0) is 4.79 Å². The monoisotopic (exact) mass is 284 g/mol. The molecule has 0 bridgehead atoms. The van der Waals surface area contributed by atoms with E-state index in [1.807, 2.05) is 36.7 Å². The molecule has 1 aromatic carbocycles. The highest BCUT2D eigenvalue weighted by Crippen LogP contribution is 2.27. The van der Waals surface area contributed by atoms with Crippen molar-refractivity contribution in [3.8, 4) is 5.69 Å². The molecular weight excluding hydrogens is 264 g/mol. The predicted molar refractivity (Wildman–Crippen MR) is 82.8 cm³/mol. The van der Waals surface area contributed by atoms with Crippen molar-refractivity contribution >= 4 is 11.7 Å². The van der Waals surface area contributed by atoms with Crippen LogP contribution in [0.1, 0.15) is 25.7 Å². The van der Waals surface area contributed by atoms with Gasteiger partial charge in [0.2, 0.25) is 0 Å². The van der Waals surface area contributed by atoms with Crippen LogP contribution in [0.3, 0.4) is 0 Å². The Hall–Kier alpha value is -2.23. The number of rotatable bonds is 4. The molecule has 2 atom stereocenters. The zero-order valence-corrected chi connectivity index (χ0v) is 11.9. The van der Waals surface area contributed by atoms with Crippen molar-refractivity contribution in [2.45, 2.75) is 31.7 Å². The van der Waals surface area contributed by atoms with Crippen molar-refractivity contribution in [3.63, 3.8) is 0 Å². The molecule has 4 heteroatoms. The second kappa shape index (κ2) is 6.04. The van der Waals surface area contributed by atoms with Crippen LogP contribution >= 0.6 is 0 Å². The Morgan fingerprint density at radius 3 is 2.76 bits per heavy atom. The van der Waals surface area contributed by atoms with Crippen LogP contribution in [0.5, 0.6) is 0 Å². The van der Waals surface area contributed by atoms with Gasteiger partial charge in [0.25, 0.3) is 0 Å². The lowest BCUT2D eigenvalue weighted by molar-refractivity contribution is -0.142. The minimum atomic E-state index is -0.664.